The van der Waals surface area contributed by atoms with Crippen molar-refractivity contribution in [2.45, 2.75) is 57.6 Å². The first-order chi connectivity index (χ1) is 17.1. The quantitative estimate of drug-likeness (QED) is 0.618. The van der Waals surface area contributed by atoms with Crippen molar-refractivity contribution in [1.29, 1.82) is 5.26 Å². The van der Waals surface area contributed by atoms with Crippen LogP contribution in [0.25, 0.3) is 0 Å². The van der Waals surface area contributed by atoms with Crippen LogP contribution in [0.2, 0.25) is 5.02 Å². The first-order valence-corrected chi connectivity index (χ1v) is 12.9. The highest BCUT2D eigenvalue weighted by atomic mass is 35.5. The van der Waals surface area contributed by atoms with Gasteiger partial charge < -0.3 is 19.9 Å². The summed E-state index contributed by atoms with van der Waals surface area (Å²) in [7, 11) is 0. The molecule has 0 bridgehead atoms. The molecule has 186 valence electrons. The highest BCUT2D eigenvalue weighted by molar-refractivity contribution is 6.31. The van der Waals surface area contributed by atoms with Crippen molar-refractivity contribution >= 4 is 23.3 Å². The van der Waals surface area contributed by atoms with Crippen LogP contribution in [0.3, 0.4) is 0 Å². The minimum absolute atomic E-state index is 0.0631. The number of nitrogens with zero attached hydrogens (tertiary/aromatic N) is 5. The molecule has 1 saturated heterocycles. The Balaban J connectivity index is 1.24. The molecule has 35 heavy (non-hydrogen) atoms. The summed E-state index contributed by atoms with van der Waals surface area (Å²) < 4.78 is 6.04. The van der Waals surface area contributed by atoms with Crippen LogP contribution in [0.15, 0.2) is 30.3 Å². The molecule has 0 unspecified atom stereocenters. The van der Waals surface area contributed by atoms with E-state index in [2.05, 4.69) is 38.3 Å². The minimum Gasteiger partial charge on any atom is -0.490 e. The molecular formula is C26H33ClN6O2. The van der Waals surface area contributed by atoms with E-state index in [-0.39, 0.29) is 18.1 Å². The fourth-order valence-electron chi connectivity index (χ4n) is 4.79. The molecule has 2 fully saturated rings. The maximum atomic E-state index is 12.7. The number of carbonyl (C=O) groups is 1. The first kappa shape index (κ1) is 25.2. The highest BCUT2D eigenvalue weighted by Gasteiger charge is 2.25. The molecule has 0 radical (unpaired) electrons. The molecule has 9 heteroatoms. The Kier molecular flexibility index (Phi) is 8.78. The van der Waals surface area contributed by atoms with Gasteiger partial charge in [-0.15, -0.1) is 10.2 Å². The number of carbonyl (C=O) groups excluding carboxylic acids is 1. The second-order valence-corrected chi connectivity index (χ2v) is 9.68. The van der Waals surface area contributed by atoms with Crippen molar-refractivity contribution in [3.05, 3.63) is 46.6 Å². The number of anilines is 1. The summed E-state index contributed by atoms with van der Waals surface area (Å²) in [5.74, 6) is 1.32. The van der Waals surface area contributed by atoms with Crippen LogP contribution in [0.1, 0.15) is 61.5 Å². The van der Waals surface area contributed by atoms with Gasteiger partial charge in [0.15, 0.2) is 11.5 Å². The van der Waals surface area contributed by atoms with Crippen LogP contribution >= 0.6 is 11.6 Å². The second kappa shape index (κ2) is 12.2. The van der Waals surface area contributed by atoms with Crippen LogP contribution in [0.5, 0.6) is 5.75 Å². The fourth-order valence-corrected chi connectivity index (χ4v) is 5.00. The Morgan fingerprint density at radius 2 is 1.97 bits per heavy atom. The Labute approximate surface area is 212 Å². The molecular weight excluding hydrogens is 464 g/mol. The van der Waals surface area contributed by atoms with E-state index in [0.717, 1.165) is 70.6 Å². The summed E-state index contributed by atoms with van der Waals surface area (Å²) in [6.07, 6.45) is 5.66. The third kappa shape index (κ3) is 6.83. The molecule has 1 aromatic carbocycles. The van der Waals surface area contributed by atoms with E-state index in [9.17, 15) is 4.79 Å². The number of hydrogen-bond donors (Lipinski definition) is 1. The summed E-state index contributed by atoms with van der Waals surface area (Å²) in [6.45, 7) is 7.39. The summed E-state index contributed by atoms with van der Waals surface area (Å²) in [5, 5.41) is 21.1. The molecule has 1 saturated carbocycles. The zero-order chi connectivity index (χ0) is 24.6. The number of aromatic nitrogens is 2. The molecule has 2 heterocycles. The summed E-state index contributed by atoms with van der Waals surface area (Å²) in [4.78, 5) is 17.5. The number of hydrogen-bond acceptors (Lipinski definition) is 7. The van der Waals surface area contributed by atoms with E-state index in [1.807, 2.05) is 6.07 Å². The summed E-state index contributed by atoms with van der Waals surface area (Å²) >= 11 is 6.10. The van der Waals surface area contributed by atoms with Crippen LogP contribution in [0, 0.1) is 11.3 Å². The third-order valence-corrected chi connectivity index (χ3v) is 7.02. The lowest BCUT2D eigenvalue weighted by Gasteiger charge is -2.29. The Bertz CT molecular complexity index is 1030. The van der Waals surface area contributed by atoms with Crippen molar-refractivity contribution in [3.8, 4) is 11.8 Å². The van der Waals surface area contributed by atoms with E-state index in [0.29, 0.717) is 22.0 Å². The van der Waals surface area contributed by atoms with Crippen molar-refractivity contribution < 1.29 is 9.53 Å². The van der Waals surface area contributed by atoms with Gasteiger partial charge in [0.1, 0.15) is 11.8 Å². The van der Waals surface area contributed by atoms with Crippen LogP contribution < -0.4 is 15.0 Å². The SMILES string of the molecule is CCCN1CCCN(c2ccc(C(=O)NC3CCC(Oc4ccc(C#N)c(Cl)c4)CC3)nn2)CC1. The van der Waals surface area contributed by atoms with Gasteiger partial charge in [-0.05, 0) is 75.9 Å². The molecule has 1 aliphatic heterocycles. The van der Waals surface area contributed by atoms with Gasteiger partial charge in [0.2, 0.25) is 0 Å². The van der Waals surface area contributed by atoms with Crippen molar-refractivity contribution in [3.63, 3.8) is 0 Å². The van der Waals surface area contributed by atoms with Crippen LogP contribution in [-0.4, -0.2) is 65.9 Å². The number of nitriles is 1. The predicted octanol–water partition coefficient (Wildman–Crippen LogP) is 4.04. The van der Waals surface area contributed by atoms with Gasteiger partial charge in [0.25, 0.3) is 5.91 Å². The topological polar surface area (TPSA) is 94.4 Å². The number of rotatable bonds is 7. The minimum atomic E-state index is -0.183. The molecule has 1 amide bonds. The number of ether oxygens (including phenoxy) is 1. The van der Waals surface area contributed by atoms with Gasteiger partial charge in [-0.3, -0.25) is 4.79 Å². The molecule has 1 aromatic heterocycles. The monoisotopic (exact) mass is 496 g/mol. The third-order valence-electron chi connectivity index (χ3n) is 6.71. The fraction of sp³-hybridized carbons (Fsp3) is 0.538. The molecule has 8 nitrogen and oxygen atoms in total. The van der Waals surface area contributed by atoms with E-state index in [1.54, 1.807) is 24.3 Å². The zero-order valence-electron chi connectivity index (χ0n) is 20.3. The number of benzene rings is 1. The maximum absolute atomic E-state index is 12.7. The highest BCUT2D eigenvalue weighted by Crippen LogP contribution is 2.27. The lowest BCUT2D eigenvalue weighted by atomic mass is 9.93. The second-order valence-electron chi connectivity index (χ2n) is 9.28. The van der Waals surface area contributed by atoms with Crippen molar-refractivity contribution in [2.75, 3.05) is 37.6 Å². The first-order valence-electron chi connectivity index (χ1n) is 12.5. The largest absolute Gasteiger partial charge is 0.490 e. The number of halogens is 1. The van der Waals surface area contributed by atoms with Crippen molar-refractivity contribution in [1.82, 2.24) is 20.4 Å². The summed E-state index contributed by atoms with van der Waals surface area (Å²) in [5.41, 5.74) is 0.786. The lowest BCUT2D eigenvalue weighted by molar-refractivity contribution is 0.0888. The summed E-state index contributed by atoms with van der Waals surface area (Å²) in [6, 6.07) is 10.9. The number of amides is 1. The Hall–Kier alpha value is -2.89. The standard InChI is InChI=1S/C26H33ClN6O2/c1-2-12-32-13-3-14-33(16-15-32)25-11-10-24(30-31-25)26(34)29-20-5-8-21(9-6-20)35-22-7-4-19(18-28)23(27)17-22/h4,7,10-11,17,20-21H,2-3,5-6,8-9,12-16H2,1H3,(H,29,34). The molecule has 0 atom stereocenters. The molecule has 0 spiro atoms. The Morgan fingerprint density at radius 1 is 1.14 bits per heavy atom. The van der Waals surface area contributed by atoms with Gasteiger partial charge >= 0.3 is 0 Å². The van der Waals surface area contributed by atoms with E-state index < -0.39 is 0 Å². The predicted molar refractivity (Wildman–Crippen MR) is 136 cm³/mol. The lowest BCUT2D eigenvalue weighted by Crippen LogP contribution is -2.40. The number of nitrogens with one attached hydrogen (secondary N) is 1. The van der Waals surface area contributed by atoms with Crippen molar-refractivity contribution in [2.24, 2.45) is 0 Å². The van der Waals surface area contributed by atoms with E-state index in [4.69, 9.17) is 21.6 Å². The molecule has 1 N–H and O–H groups in total. The van der Waals surface area contributed by atoms with E-state index in [1.165, 1.54) is 6.42 Å². The van der Waals surface area contributed by atoms with E-state index >= 15 is 0 Å². The van der Waals surface area contributed by atoms with Crippen LogP contribution in [-0.2, 0) is 0 Å². The van der Waals surface area contributed by atoms with Gasteiger partial charge in [-0.25, -0.2) is 0 Å². The zero-order valence-corrected chi connectivity index (χ0v) is 21.0. The van der Waals surface area contributed by atoms with Gasteiger partial charge in [0, 0.05) is 31.7 Å². The molecule has 2 aliphatic rings. The van der Waals surface area contributed by atoms with Gasteiger partial charge in [-0.1, -0.05) is 18.5 Å². The van der Waals surface area contributed by atoms with Crippen LogP contribution in [0.4, 0.5) is 5.82 Å². The molecule has 1 aliphatic carbocycles. The smallest absolute Gasteiger partial charge is 0.272 e. The normalized spacial score (nSPS) is 21.1. The van der Waals surface area contributed by atoms with Gasteiger partial charge in [0.05, 0.1) is 16.7 Å². The Morgan fingerprint density at radius 3 is 2.66 bits per heavy atom. The van der Waals surface area contributed by atoms with Gasteiger partial charge in [-0.2, -0.15) is 5.26 Å². The maximum Gasteiger partial charge on any atom is 0.272 e. The molecule has 4 rings (SSSR count). The average Bonchev–Trinajstić information content (AvgIpc) is 3.11. The average molecular weight is 497 g/mol. The molecule has 2 aromatic rings.